The van der Waals surface area contributed by atoms with Crippen LogP contribution < -0.4 is 5.32 Å². The van der Waals surface area contributed by atoms with Crippen LogP contribution in [0.1, 0.15) is 44.2 Å². The third kappa shape index (κ3) is 4.55. The molecule has 28 heavy (non-hydrogen) atoms. The number of carbonyl (C=O) groups is 1. The fourth-order valence-electron chi connectivity index (χ4n) is 4.49. The number of carbonyl (C=O) groups excluding carboxylic acids is 1. The fraction of sp³-hybridized carbons (Fsp3) is 0.545. The van der Waals surface area contributed by atoms with E-state index in [1.54, 1.807) is 4.90 Å². The van der Waals surface area contributed by atoms with Crippen LogP contribution in [0.15, 0.2) is 36.4 Å². The zero-order valence-electron chi connectivity index (χ0n) is 16.7. The van der Waals surface area contributed by atoms with Crippen molar-refractivity contribution >= 4 is 6.03 Å². The molecular weight excluding hydrogens is 350 g/mol. The van der Waals surface area contributed by atoms with Crippen LogP contribution in [0.5, 0.6) is 0 Å². The molecule has 1 aliphatic carbocycles. The van der Waals surface area contributed by atoms with Crippen molar-refractivity contribution in [2.24, 2.45) is 0 Å². The van der Waals surface area contributed by atoms with Gasteiger partial charge in [-0.25, -0.2) is 4.79 Å². The fourth-order valence-corrected chi connectivity index (χ4v) is 4.49. The first-order valence-electron chi connectivity index (χ1n) is 10.5. The molecule has 2 aromatic rings. The van der Waals surface area contributed by atoms with Gasteiger partial charge in [0, 0.05) is 37.8 Å². The topological polar surface area (TPSA) is 64.3 Å². The van der Waals surface area contributed by atoms with Crippen molar-refractivity contribution in [2.45, 2.75) is 57.2 Å². The average molecular weight is 382 g/mol. The van der Waals surface area contributed by atoms with Crippen LogP contribution in [0.3, 0.4) is 0 Å². The number of nitrogens with zero attached hydrogens (tertiary/aromatic N) is 3. The summed E-state index contributed by atoms with van der Waals surface area (Å²) in [5.74, 6) is 0. The Morgan fingerprint density at radius 3 is 2.61 bits per heavy atom. The summed E-state index contributed by atoms with van der Waals surface area (Å²) in [6.07, 6.45) is 7.58. The molecule has 6 heteroatoms. The largest absolute Gasteiger partial charge is 0.335 e. The van der Waals surface area contributed by atoms with Gasteiger partial charge in [0.25, 0.3) is 0 Å². The van der Waals surface area contributed by atoms with Gasteiger partial charge < -0.3 is 15.1 Å². The molecule has 1 aliphatic heterocycles. The Labute approximate surface area is 167 Å². The van der Waals surface area contributed by atoms with Gasteiger partial charge in [0.15, 0.2) is 0 Å². The highest BCUT2D eigenvalue weighted by molar-refractivity contribution is 5.74. The van der Waals surface area contributed by atoms with Gasteiger partial charge >= 0.3 is 6.03 Å². The Morgan fingerprint density at radius 2 is 1.89 bits per heavy atom. The second-order valence-electron chi connectivity index (χ2n) is 8.20. The molecule has 1 aromatic heterocycles. The summed E-state index contributed by atoms with van der Waals surface area (Å²) in [6.45, 7) is 2.74. The molecule has 4 rings (SSSR count). The van der Waals surface area contributed by atoms with E-state index in [9.17, 15) is 4.79 Å². The van der Waals surface area contributed by atoms with E-state index in [2.05, 4.69) is 20.4 Å². The number of aromatic nitrogens is 2. The first-order valence-corrected chi connectivity index (χ1v) is 10.5. The number of benzene rings is 1. The lowest BCUT2D eigenvalue weighted by molar-refractivity contribution is 0.141. The van der Waals surface area contributed by atoms with E-state index in [4.69, 9.17) is 0 Å². The number of hydrogen-bond donors (Lipinski definition) is 2. The molecule has 1 saturated carbocycles. The number of urea groups is 1. The van der Waals surface area contributed by atoms with Gasteiger partial charge in [-0.1, -0.05) is 43.2 Å². The molecule has 0 unspecified atom stereocenters. The number of nitrogens with one attached hydrogen (secondary N) is 2. The summed E-state index contributed by atoms with van der Waals surface area (Å²) >= 11 is 0. The number of H-pyrrole nitrogens is 1. The summed E-state index contributed by atoms with van der Waals surface area (Å²) in [6, 6.07) is 13.2. The molecule has 2 fully saturated rings. The highest BCUT2D eigenvalue weighted by Crippen LogP contribution is 2.26. The SMILES string of the molecule is CN(Cc1cc(-c2ccccc2)n[nH]1)C(=O)NC1CCN(C2CCCC2)CC1. The van der Waals surface area contributed by atoms with Crippen molar-refractivity contribution in [2.75, 3.05) is 20.1 Å². The second-order valence-corrected chi connectivity index (χ2v) is 8.20. The number of hydrogen-bond acceptors (Lipinski definition) is 3. The lowest BCUT2D eigenvalue weighted by Crippen LogP contribution is -2.49. The molecule has 1 saturated heterocycles. The zero-order chi connectivity index (χ0) is 19.3. The molecule has 0 atom stereocenters. The summed E-state index contributed by atoms with van der Waals surface area (Å²) in [5.41, 5.74) is 2.92. The number of aromatic amines is 1. The van der Waals surface area contributed by atoms with Gasteiger partial charge in [-0.3, -0.25) is 5.10 Å². The van der Waals surface area contributed by atoms with E-state index in [0.29, 0.717) is 6.54 Å². The maximum atomic E-state index is 12.6. The molecule has 2 N–H and O–H groups in total. The molecule has 0 radical (unpaired) electrons. The van der Waals surface area contributed by atoms with E-state index in [1.807, 2.05) is 43.4 Å². The second kappa shape index (κ2) is 8.78. The van der Waals surface area contributed by atoms with Gasteiger partial charge in [0.2, 0.25) is 0 Å². The maximum Gasteiger partial charge on any atom is 0.317 e. The first-order chi connectivity index (χ1) is 13.7. The van der Waals surface area contributed by atoms with E-state index < -0.39 is 0 Å². The molecule has 0 spiro atoms. The molecule has 2 amide bonds. The van der Waals surface area contributed by atoms with Crippen LogP contribution in [-0.4, -0.2) is 58.2 Å². The summed E-state index contributed by atoms with van der Waals surface area (Å²) in [5, 5.41) is 10.6. The van der Waals surface area contributed by atoms with Crippen LogP contribution in [0.2, 0.25) is 0 Å². The Hall–Kier alpha value is -2.34. The van der Waals surface area contributed by atoms with Crippen molar-refractivity contribution in [1.29, 1.82) is 0 Å². The predicted molar refractivity (Wildman–Crippen MR) is 111 cm³/mol. The van der Waals surface area contributed by atoms with Crippen molar-refractivity contribution in [3.8, 4) is 11.3 Å². The van der Waals surface area contributed by atoms with Crippen molar-refractivity contribution in [3.63, 3.8) is 0 Å². The first kappa shape index (κ1) is 19.0. The van der Waals surface area contributed by atoms with Gasteiger partial charge in [-0.2, -0.15) is 5.10 Å². The third-order valence-corrected chi connectivity index (χ3v) is 6.15. The quantitative estimate of drug-likeness (QED) is 0.831. The minimum atomic E-state index is -0.00447. The Balaban J connectivity index is 1.24. The summed E-state index contributed by atoms with van der Waals surface area (Å²) in [7, 11) is 1.84. The zero-order valence-corrected chi connectivity index (χ0v) is 16.7. The maximum absolute atomic E-state index is 12.6. The van der Waals surface area contributed by atoms with Gasteiger partial charge in [0.05, 0.1) is 17.9 Å². The van der Waals surface area contributed by atoms with Gasteiger partial charge in [-0.15, -0.1) is 0 Å². The summed E-state index contributed by atoms with van der Waals surface area (Å²) in [4.78, 5) is 17.0. The van der Waals surface area contributed by atoms with Crippen LogP contribution in [-0.2, 0) is 6.54 Å². The Morgan fingerprint density at radius 1 is 1.18 bits per heavy atom. The minimum absolute atomic E-state index is 0.00447. The predicted octanol–water partition coefficient (Wildman–Crippen LogP) is 3.63. The number of likely N-dealkylation sites (tertiary alicyclic amines) is 1. The van der Waals surface area contributed by atoms with E-state index >= 15 is 0 Å². The van der Waals surface area contributed by atoms with Crippen molar-refractivity contribution < 1.29 is 4.79 Å². The van der Waals surface area contributed by atoms with Gasteiger partial charge in [0.1, 0.15) is 0 Å². The Bertz CT molecular complexity index is 760. The number of rotatable bonds is 5. The van der Waals surface area contributed by atoms with E-state index in [-0.39, 0.29) is 12.1 Å². The van der Waals surface area contributed by atoms with Crippen LogP contribution >= 0.6 is 0 Å². The smallest absolute Gasteiger partial charge is 0.317 e. The molecular formula is C22H31N5O. The monoisotopic (exact) mass is 381 g/mol. The van der Waals surface area contributed by atoms with Gasteiger partial charge in [-0.05, 0) is 31.7 Å². The minimum Gasteiger partial charge on any atom is -0.335 e. The molecule has 6 nitrogen and oxygen atoms in total. The summed E-state index contributed by atoms with van der Waals surface area (Å²) < 4.78 is 0. The highest BCUT2D eigenvalue weighted by atomic mass is 16.2. The standard InChI is InChI=1S/C22H31N5O/c1-26(16-19-15-21(25-24-19)17-7-3-2-4-8-17)22(28)23-18-11-13-27(14-12-18)20-9-5-6-10-20/h2-4,7-8,15,18,20H,5-6,9-14,16H2,1H3,(H,23,28)(H,24,25). The van der Waals surface area contributed by atoms with Crippen LogP contribution in [0.4, 0.5) is 4.79 Å². The Kier molecular flexibility index (Phi) is 5.95. The molecule has 1 aromatic carbocycles. The molecule has 150 valence electrons. The lowest BCUT2D eigenvalue weighted by Gasteiger charge is -2.36. The normalized spacial score (nSPS) is 19.0. The highest BCUT2D eigenvalue weighted by Gasteiger charge is 2.28. The molecule has 0 bridgehead atoms. The van der Waals surface area contributed by atoms with Crippen LogP contribution in [0.25, 0.3) is 11.3 Å². The number of piperidine rings is 1. The van der Waals surface area contributed by atoms with Crippen molar-refractivity contribution in [3.05, 3.63) is 42.1 Å². The van der Waals surface area contributed by atoms with E-state index in [1.165, 1.54) is 25.7 Å². The van der Waals surface area contributed by atoms with Crippen molar-refractivity contribution in [1.82, 2.24) is 25.3 Å². The van der Waals surface area contributed by atoms with Crippen LogP contribution in [0, 0.1) is 0 Å². The average Bonchev–Trinajstić information content (AvgIpc) is 3.41. The number of amides is 2. The lowest BCUT2D eigenvalue weighted by atomic mass is 10.0. The third-order valence-electron chi connectivity index (χ3n) is 6.15. The van der Waals surface area contributed by atoms with E-state index in [0.717, 1.165) is 48.9 Å². The molecule has 2 heterocycles. The molecule has 2 aliphatic rings.